The molecular weight excluding hydrogens is 388 g/mol. The highest BCUT2D eigenvalue weighted by Gasteiger charge is 2.28. The standard InChI is InChI=1S/C21H28N4O5/c26-20(29-16-17-4-2-1-3-5-17)24-8-6-18(7-9-24)19-22-25(21(27)30-19)11-10-23-12-14-28-15-13-23/h1-5,18H,6-16H2. The second-order valence-electron chi connectivity index (χ2n) is 7.68. The fourth-order valence-electron chi connectivity index (χ4n) is 3.81. The molecule has 30 heavy (non-hydrogen) atoms. The summed E-state index contributed by atoms with van der Waals surface area (Å²) in [5, 5.41) is 4.41. The topological polar surface area (TPSA) is 90.0 Å². The van der Waals surface area contributed by atoms with Crippen LogP contribution in [0.4, 0.5) is 4.79 Å². The van der Waals surface area contributed by atoms with E-state index in [0.29, 0.717) is 38.4 Å². The number of nitrogens with zero attached hydrogens (tertiary/aromatic N) is 4. The Morgan fingerprint density at radius 2 is 1.80 bits per heavy atom. The van der Waals surface area contributed by atoms with Crippen LogP contribution in [0.1, 0.15) is 30.2 Å². The summed E-state index contributed by atoms with van der Waals surface area (Å²) in [4.78, 5) is 28.4. The number of rotatable bonds is 6. The number of ether oxygens (including phenoxy) is 2. The molecule has 2 aliphatic heterocycles. The molecule has 2 aliphatic rings. The number of aromatic nitrogens is 2. The number of morpholine rings is 1. The van der Waals surface area contributed by atoms with E-state index in [-0.39, 0.29) is 18.6 Å². The molecule has 2 saturated heterocycles. The molecule has 1 amide bonds. The lowest BCUT2D eigenvalue weighted by molar-refractivity contribution is 0.0357. The maximum absolute atomic E-state index is 12.3. The van der Waals surface area contributed by atoms with Gasteiger partial charge in [0.2, 0.25) is 5.89 Å². The van der Waals surface area contributed by atoms with Gasteiger partial charge in [-0.1, -0.05) is 30.3 Å². The number of carbonyl (C=O) groups is 1. The first-order chi connectivity index (χ1) is 14.7. The van der Waals surface area contributed by atoms with Gasteiger partial charge in [0.15, 0.2) is 0 Å². The second-order valence-corrected chi connectivity index (χ2v) is 7.68. The first-order valence-corrected chi connectivity index (χ1v) is 10.5. The maximum atomic E-state index is 12.3. The highest BCUT2D eigenvalue weighted by atomic mass is 16.6. The van der Waals surface area contributed by atoms with Gasteiger partial charge in [0.1, 0.15) is 6.61 Å². The van der Waals surface area contributed by atoms with E-state index >= 15 is 0 Å². The predicted molar refractivity (Wildman–Crippen MR) is 108 cm³/mol. The normalized spacial score (nSPS) is 18.5. The summed E-state index contributed by atoms with van der Waals surface area (Å²) < 4.78 is 17.6. The largest absolute Gasteiger partial charge is 0.445 e. The van der Waals surface area contributed by atoms with Gasteiger partial charge in [0.05, 0.1) is 19.8 Å². The third-order valence-corrected chi connectivity index (χ3v) is 5.66. The molecule has 0 atom stereocenters. The Bertz CT molecular complexity index is 867. The number of benzene rings is 1. The zero-order valence-electron chi connectivity index (χ0n) is 17.1. The van der Waals surface area contributed by atoms with Gasteiger partial charge < -0.3 is 18.8 Å². The van der Waals surface area contributed by atoms with Crippen LogP contribution in [0.5, 0.6) is 0 Å². The Labute approximate surface area is 175 Å². The van der Waals surface area contributed by atoms with Crippen molar-refractivity contribution in [2.75, 3.05) is 45.9 Å². The SMILES string of the molecule is O=C(OCc1ccccc1)N1CCC(c2nn(CCN3CCOCC3)c(=O)o2)CC1. The first kappa shape index (κ1) is 20.6. The fraction of sp³-hybridized carbons (Fsp3) is 0.571. The van der Waals surface area contributed by atoms with Crippen LogP contribution in [0.25, 0.3) is 0 Å². The van der Waals surface area contributed by atoms with Crippen molar-refractivity contribution in [3.05, 3.63) is 52.3 Å². The molecule has 0 spiro atoms. The molecule has 162 valence electrons. The Kier molecular flexibility index (Phi) is 6.81. The molecule has 0 aliphatic carbocycles. The van der Waals surface area contributed by atoms with Crippen molar-refractivity contribution in [1.29, 1.82) is 0 Å². The molecule has 0 N–H and O–H groups in total. The zero-order chi connectivity index (χ0) is 20.8. The lowest BCUT2D eigenvalue weighted by atomic mass is 9.97. The average Bonchev–Trinajstić information content (AvgIpc) is 3.18. The molecule has 9 nitrogen and oxygen atoms in total. The maximum Gasteiger partial charge on any atom is 0.437 e. The van der Waals surface area contributed by atoms with E-state index in [1.54, 1.807) is 4.90 Å². The Balaban J connectivity index is 1.24. The molecule has 0 unspecified atom stereocenters. The molecule has 0 saturated carbocycles. The predicted octanol–water partition coefficient (Wildman–Crippen LogP) is 1.68. The van der Waals surface area contributed by atoms with E-state index < -0.39 is 5.76 Å². The highest BCUT2D eigenvalue weighted by molar-refractivity contribution is 5.67. The molecule has 4 rings (SSSR count). The van der Waals surface area contributed by atoms with E-state index in [0.717, 1.165) is 38.4 Å². The van der Waals surface area contributed by atoms with Gasteiger partial charge in [-0.05, 0) is 18.4 Å². The van der Waals surface area contributed by atoms with Crippen molar-refractivity contribution in [2.45, 2.75) is 31.9 Å². The van der Waals surface area contributed by atoms with Crippen LogP contribution >= 0.6 is 0 Å². The molecule has 1 aromatic carbocycles. The zero-order valence-corrected chi connectivity index (χ0v) is 17.1. The van der Waals surface area contributed by atoms with E-state index in [1.807, 2.05) is 30.3 Å². The van der Waals surface area contributed by atoms with Gasteiger partial charge in [0.25, 0.3) is 0 Å². The minimum Gasteiger partial charge on any atom is -0.445 e. The van der Waals surface area contributed by atoms with Gasteiger partial charge in [0, 0.05) is 38.6 Å². The lowest BCUT2D eigenvalue weighted by Crippen LogP contribution is -2.39. The van der Waals surface area contributed by atoms with Crippen molar-refractivity contribution < 1.29 is 18.7 Å². The minimum atomic E-state index is -0.414. The van der Waals surface area contributed by atoms with Crippen LogP contribution in [0, 0.1) is 0 Å². The number of amides is 1. The van der Waals surface area contributed by atoms with Crippen molar-refractivity contribution in [3.63, 3.8) is 0 Å². The molecular formula is C21H28N4O5. The van der Waals surface area contributed by atoms with Crippen molar-refractivity contribution >= 4 is 6.09 Å². The smallest absolute Gasteiger partial charge is 0.437 e. The minimum absolute atomic E-state index is 0.0421. The number of carbonyl (C=O) groups excluding carboxylic acids is 1. The lowest BCUT2D eigenvalue weighted by Gasteiger charge is -2.29. The number of hydrogen-bond acceptors (Lipinski definition) is 7. The van der Waals surface area contributed by atoms with Crippen LogP contribution in [-0.4, -0.2) is 71.6 Å². The van der Waals surface area contributed by atoms with E-state index in [1.165, 1.54) is 4.68 Å². The summed E-state index contributed by atoms with van der Waals surface area (Å²) >= 11 is 0. The van der Waals surface area contributed by atoms with Crippen molar-refractivity contribution in [1.82, 2.24) is 19.6 Å². The van der Waals surface area contributed by atoms with Crippen molar-refractivity contribution in [2.24, 2.45) is 0 Å². The Morgan fingerprint density at radius 3 is 2.53 bits per heavy atom. The molecule has 2 aromatic rings. The molecule has 3 heterocycles. The van der Waals surface area contributed by atoms with Gasteiger partial charge in [-0.3, -0.25) is 4.90 Å². The summed E-state index contributed by atoms with van der Waals surface area (Å²) in [5.41, 5.74) is 0.963. The van der Waals surface area contributed by atoms with Gasteiger partial charge in [-0.25, -0.2) is 9.59 Å². The summed E-state index contributed by atoms with van der Waals surface area (Å²) in [5.74, 6) is 0.0998. The summed E-state index contributed by atoms with van der Waals surface area (Å²) in [7, 11) is 0. The van der Waals surface area contributed by atoms with Gasteiger partial charge in [-0.15, -0.1) is 5.10 Å². The van der Waals surface area contributed by atoms with E-state index in [4.69, 9.17) is 13.9 Å². The van der Waals surface area contributed by atoms with Crippen LogP contribution in [0.2, 0.25) is 0 Å². The molecule has 9 heteroatoms. The number of hydrogen-bond donors (Lipinski definition) is 0. The summed E-state index contributed by atoms with van der Waals surface area (Å²) in [6.45, 7) is 5.84. The van der Waals surface area contributed by atoms with Crippen LogP contribution in [0.3, 0.4) is 0 Å². The quantitative estimate of drug-likeness (QED) is 0.708. The van der Waals surface area contributed by atoms with Crippen LogP contribution in [-0.2, 0) is 22.6 Å². The third-order valence-electron chi connectivity index (χ3n) is 5.66. The summed E-state index contributed by atoms with van der Waals surface area (Å²) in [6.07, 6.45) is 1.09. The van der Waals surface area contributed by atoms with Gasteiger partial charge in [-0.2, -0.15) is 4.68 Å². The first-order valence-electron chi connectivity index (χ1n) is 10.5. The third kappa shape index (κ3) is 5.28. The fourth-order valence-corrected chi connectivity index (χ4v) is 3.81. The van der Waals surface area contributed by atoms with Crippen LogP contribution < -0.4 is 5.76 Å². The Hall–Kier alpha value is -2.65. The summed E-state index contributed by atoms with van der Waals surface area (Å²) in [6, 6.07) is 9.62. The second kappa shape index (κ2) is 9.90. The number of piperidine rings is 1. The molecule has 0 bridgehead atoms. The van der Waals surface area contributed by atoms with Crippen LogP contribution in [0.15, 0.2) is 39.5 Å². The number of likely N-dealkylation sites (tertiary alicyclic amines) is 1. The molecule has 1 aromatic heterocycles. The van der Waals surface area contributed by atoms with Gasteiger partial charge >= 0.3 is 11.8 Å². The highest BCUT2D eigenvalue weighted by Crippen LogP contribution is 2.26. The van der Waals surface area contributed by atoms with E-state index in [9.17, 15) is 9.59 Å². The van der Waals surface area contributed by atoms with E-state index in [2.05, 4.69) is 10.00 Å². The van der Waals surface area contributed by atoms with Crippen molar-refractivity contribution in [3.8, 4) is 0 Å². The molecule has 0 radical (unpaired) electrons. The monoisotopic (exact) mass is 416 g/mol. The molecule has 2 fully saturated rings. The average molecular weight is 416 g/mol. The Morgan fingerprint density at radius 1 is 1.07 bits per heavy atom.